The Hall–Kier alpha value is -4.45. The van der Waals surface area contributed by atoms with Gasteiger partial charge in [0.1, 0.15) is 6.07 Å². The molecule has 0 unspecified atom stereocenters. The second-order valence-corrected chi connectivity index (χ2v) is 9.62. The molecule has 37 heavy (non-hydrogen) atoms. The Bertz CT molecular complexity index is 1510. The number of hydrogen-bond donors (Lipinski definition) is 2. The van der Waals surface area contributed by atoms with Gasteiger partial charge in [-0.2, -0.15) is 10.4 Å². The highest BCUT2D eigenvalue weighted by atomic mass is 16.4. The van der Waals surface area contributed by atoms with Crippen LogP contribution in [0.5, 0.6) is 0 Å². The first-order valence-electron chi connectivity index (χ1n) is 12.4. The highest BCUT2D eigenvalue weighted by molar-refractivity contribution is 5.94. The van der Waals surface area contributed by atoms with Crippen molar-refractivity contribution < 1.29 is 9.90 Å². The second kappa shape index (κ2) is 9.90. The van der Waals surface area contributed by atoms with Gasteiger partial charge in [-0.1, -0.05) is 18.2 Å². The molecule has 2 N–H and O–H groups in total. The van der Waals surface area contributed by atoms with Gasteiger partial charge in [-0.25, -0.2) is 14.8 Å². The van der Waals surface area contributed by atoms with Gasteiger partial charge in [0.05, 0.1) is 28.3 Å². The fourth-order valence-electron chi connectivity index (χ4n) is 5.09. The smallest absolute Gasteiger partial charge is 0.337 e. The number of nitriles is 1. The first-order chi connectivity index (χ1) is 17.8. The van der Waals surface area contributed by atoms with Gasteiger partial charge in [0.2, 0.25) is 0 Å². The zero-order valence-electron chi connectivity index (χ0n) is 21.1. The quantitative estimate of drug-likeness (QED) is 0.391. The van der Waals surface area contributed by atoms with E-state index in [9.17, 15) is 15.2 Å². The van der Waals surface area contributed by atoms with Crippen LogP contribution in [0.1, 0.15) is 64.6 Å². The lowest BCUT2D eigenvalue weighted by atomic mass is 9.93. The number of para-hydroxylation sites is 1. The summed E-state index contributed by atoms with van der Waals surface area (Å²) in [7, 11) is 1.93. The van der Waals surface area contributed by atoms with Crippen LogP contribution >= 0.6 is 0 Å². The molecule has 1 aliphatic heterocycles. The van der Waals surface area contributed by atoms with Gasteiger partial charge in [-0.15, -0.1) is 0 Å². The third kappa shape index (κ3) is 4.83. The van der Waals surface area contributed by atoms with E-state index in [-0.39, 0.29) is 11.6 Å². The van der Waals surface area contributed by atoms with Gasteiger partial charge < -0.3 is 15.3 Å². The van der Waals surface area contributed by atoms with Crippen LogP contribution in [0.2, 0.25) is 0 Å². The van der Waals surface area contributed by atoms with Crippen LogP contribution in [0.4, 0.5) is 11.5 Å². The predicted octanol–water partition coefficient (Wildman–Crippen LogP) is 4.80. The number of aryl methyl sites for hydroxylation is 2. The Labute approximate surface area is 215 Å². The van der Waals surface area contributed by atoms with Crippen molar-refractivity contribution in [1.29, 1.82) is 5.26 Å². The first kappa shape index (κ1) is 24.3. The number of carboxylic acid groups (broad SMARTS) is 1. The number of carboxylic acids is 1. The molecule has 5 rings (SSSR count). The zero-order chi connectivity index (χ0) is 26.1. The van der Waals surface area contributed by atoms with E-state index in [2.05, 4.69) is 27.5 Å². The molecule has 1 fully saturated rings. The van der Waals surface area contributed by atoms with Gasteiger partial charge in [-0.3, -0.25) is 4.68 Å². The standard InChI is InChI=1S/C28H29N7O2/c1-17-14-21(18(2)30-23-7-5-4-6-20(23)28(36)37)26-24(15-17)31-25(16-29)27(32-26)35-12-8-19(9-13-35)22-10-11-34(3)33-22/h4-7,10-11,14-15,18-19,30H,8-9,12-13H2,1-3H3,(H,36,37)/t18-/m1/s1. The molecule has 0 amide bonds. The average Bonchev–Trinajstić information content (AvgIpc) is 3.33. The Morgan fingerprint density at radius 2 is 1.95 bits per heavy atom. The van der Waals surface area contributed by atoms with Crippen LogP contribution in [0.25, 0.3) is 11.0 Å². The van der Waals surface area contributed by atoms with Crippen LogP contribution < -0.4 is 10.2 Å². The topological polar surface area (TPSA) is 120 Å². The maximum atomic E-state index is 11.7. The molecule has 0 spiro atoms. The van der Waals surface area contributed by atoms with E-state index in [4.69, 9.17) is 9.97 Å². The van der Waals surface area contributed by atoms with Crippen molar-refractivity contribution in [2.24, 2.45) is 7.05 Å². The van der Waals surface area contributed by atoms with E-state index in [1.54, 1.807) is 18.2 Å². The summed E-state index contributed by atoms with van der Waals surface area (Å²) >= 11 is 0. The van der Waals surface area contributed by atoms with Crippen molar-refractivity contribution in [3.63, 3.8) is 0 Å². The summed E-state index contributed by atoms with van der Waals surface area (Å²) in [6.07, 6.45) is 3.82. The normalized spacial score (nSPS) is 14.9. The number of piperidine rings is 1. The monoisotopic (exact) mass is 495 g/mol. The molecule has 9 heteroatoms. The molecule has 0 radical (unpaired) electrons. The molecule has 0 aliphatic carbocycles. The fraction of sp³-hybridized carbons (Fsp3) is 0.321. The zero-order valence-corrected chi connectivity index (χ0v) is 21.1. The molecule has 188 valence electrons. The minimum Gasteiger partial charge on any atom is -0.478 e. The Kier molecular flexibility index (Phi) is 6.49. The highest BCUT2D eigenvalue weighted by Gasteiger charge is 2.26. The van der Waals surface area contributed by atoms with Crippen LogP contribution in [0.3, 0.4) is 0 Å². The molecular weight excluding hydrogens is 466 g/mol. The minimum atomic E-state index is -0.987. The number of carbonyl (C=O) groups is 1. The van der Waals surface area contributed by atoms with E-state index in [0.717, 1.165) is 42.8 Å². The maximum absolute atomic E-state index is 11.7. The third-order valence-corrected chi connectivity index (χ3v) is 6.97. The Balaban J connectivity index is 1.48. The van der Waals surface area contributed by atoms with Gasteiger partial charge in [0.25, 0.3) is 0 Å². The van der Waals surface area contributed by atoms with Crippen LogP contribution in [-0.4, -0.2) is 43.9 Å². The van der Waals surface area contributed by atoms with Crippen LogP contribution in [-0.2, 0) is 7.05 Å². The number of fused-ring (bicyclic) bond motifs is 1. The lowest BCUT2D eigenvalue weighted by molar-refractivity contribution is 0.0698. The SMILES string of the molecule is Cc1cc([C@@H](C)Nc2ccccc2C(=O)O)c2nc(N3CCC(c4ccn(C)n4)CC3)c(C#N)nc2c1. The number of anilines is 2. The number of rotatable bonds is 6. The largest absolute Gasteiger partial charge is 0.478 e. The van der Waals surface area contributed by atoms with Crippen LogP contribution in [0.15, 0.2) is 48.7 Å². The van der Waals surface area contributed by atoms with Gasteiger partial charge in [-0.05, 0) is 56.5 Å². The lowest BCUT2D eigenvalue weighted by Crippen LogP contribution is -2.34. The van der Waals surface area contributed by atoms with E-state index in [1.165, 1.54) is 0 Å². The molecule has 1 saturated heterocycles. The summed E-state index contributed by atoms with van der Waals surface area (Å²) in [5.41, 5.74) is 5.42. The second-order valence-electron chi connectivity index (χ2n) is 9.62. The summed E-state index contributed by atoms with van der Waals surface area (Å²) < 4.78 is 1.83. The number of aromatic nitrogens is 4. The Morgan fingerprint density at radius 1 is 1.19 bits per heavy atom. The fourth-order valence-corrected chi connectivity index (χ4v) is 5.09. The van der Waals surface area contributed by atoms with Crippen molar-refractivity contribution in [1.82, 2.24) is 19.7 Å². The molecule has 1 aliphatic rings. The van der Waals surface area contributed by atoms with Crippen molar-refractivity contribution in [2.75, 3.05) is 23.3 Å². The number of nitrogens with one attached hydrogen (secondary N) is 1. The van der Waals surface area contributed by atoms with Gasteiger partial charge in [0, 0.05) is 43.5 Å². The van der Waals surface area contributed by atoms with Crippen molar-refractivity contribution >= 4 is 28.5 Å². The number of benzene rings is 2. The molecular formula is C28H29N7O2. The van der Waals surface area contributed by atoms with Gasteiger partial charge in [0.15, 0.2) is 11.5 Å². The average molecular weight is 496 g/mol. The van der Waals surface area contributed by atoms with Crippen molar-refractivity contribution in [3.05, 3.63) is 76.7 Å². The minimum absolute atomic E-state index is 0.209. The molecule has 0 saturated carbocycles. The third-order valence-electron chi connectivity index (χ3n) is 6.97. The lowest BCUT2D eigenvalue weighted by Gasteiger charge is -2.32. The molecule has 2 aromatic heterocycles. The Morgan fingerprint density at radius 3 is 2.62 bits per heavy atom. The number of nitrogens with zero attached hydrogens (tertiary/aromatic N) is 6. The van der Waals surface area contributed by atoms with E-state index >= 15 is 0 Å². The van der Waals surface area contributed by atoms with E-state index in [0.29, 0.717) is 34.2 Å². The molecule has 2 aromatic carbocycles. The maximum Gasteiger partial charge on any atom is 0.337 e. The first-order valence-corrected chi connectivity index (χ1v) is 12.4. The van der Waals surface area contributed by atoms with Crippen LogP contribution in [0, 0.1) is 18.3 Å². The summed E-state index contributed by atoms with van der Waals surface area (Å²) in [5, 5.41) is 27.4. The molecule has 1 atom stereocenters. The molecule has 3 heterocycles. The molecule has 4 aromatic rings. The van der Waals surface area contributed by atoms with E-state index < -0.39 is 5.97 Å². The number of aromatic carboxylic acids is 1. The molecule has 0 bridgehead atoms. The summed E-state index contributed by atoms with van der Waals surface area (Å²) in [6, 6.07) is 14.9. The molecule has 9 nitrogen and oxygen atoms in total. The van der Waals surface area contributed by atoms with Crippen molar-refractivity contribution in [2.45, 2.75) is 38.6 Å². The highest BCUT2D eigenvalue weighted by Crippen LogP contribution is 2.33. The summed E-state index contributed by atoms with van der Waals surface area (Å²) in [6.45, 7) is 5.48. The van der Waals surface area contributed by atoms with Gasteiger partial charge >= 0.3 is 5.97 Å². The predicted molar refractivity (Wildman–Crippen MR) is 142 cm³/mol. The number of hydrogen-bond acceptors (Lipinski definition) is 7. The summed E-state index contributed by atoms with van der Waals surface area (Å²) in [4.78, 5) is 23.6. The summed E-state index contributed by atoms with van der Waals surface area (Å²) in [5.74, 6) is -0.00917. The van der Waals surface area contributed by atoms with E-state index in [1.807, 2.05) is 50.0 Å². The van der Waals surface area contributed by atoms with Crippen molar-refractivity contribution in [3.8, 4) is 6.07 Å².